The van der Waals surface area contributed by atoms with Crippen molar-refractivity contribution in [1.29, 1.82) is 0 Å². The Hall–Kier alpha value is -1.78. The van der Waals surface area contributed by atoms with E-state index in [0.29, 0.717) is 0 Å². The second-order valence-electron chi connectivity index (χ2n) is 6.50. The van der Waals surface area contributed by atoms with Crippen molar-refractivity contribution in [1.82, 2.24) is 0 Å². The van der Waals surface area contributed by atoms with E-state index in [1.54, 1.807) is 0 Å². The zero-order valence-corrected chi connectivity index (χ0v) is 15.9. The van der Waals surface area contributed by atoms with Crippen LogP contribution in [0.4, 0.5) is 11.4 Å². The molecule has 2 bridgehead atoms. The first kappa shape index (κ1) is 14.6. The molecule has 0 aliphatic heterocycles. The van der Waals surface area contributed by atoms with E-state index in [1.165, 1.54) is 33.4 Å². The third-order valence-corrected chi connectivity index (χ3v) is 6.64. The van der Waals surface area contributed by atoms with E-state index < -0.39 is 0 Å². The molecule has 6 rings (SSSR count). The van der Waals surface area contributed by atoms with Gasteiger partial charge in [0, 0.05) is 32.2 Å². The second kappa shape index (κ2) is 4.87. The molecule has 3 aliphatic rings. The quantitative estimate of drug-likeness (QED) is 0.317. The van der Waals surface area contributed by atoms with Crippen LogP contribution in [0.3, 0.4) is 0 Å². The first-order valence-electron chi connectivity index (χ1n) is 7.82. The van der Waals surface area contributed by atoms with Crippen molar-refractivity contribution in [2.24, 2.45) is 0 Å². The van der Waals surface area contributed by atoms with Crippen LogP contribution >= 0.6 is 31.9 Å². The molecule has 0 fully saturated rings. The molecule has 3 aromatic rings. The zero-order valence-electron chi connectivity index (χ0n) is 12.7. The minimum Gasteiger partial charge on any atom is -0.398 e. The van der Waals surface area contributed by atoms with Crippen molar-refractivity contribution in [2.75, 3.05) is 11.5 Å². The number of rotatable bonds is 0. The lowest BCUT2D eigenvalue weighted by Gasteiger charge is -2.42. The molecule has 0 spiro atoms. The molecule has 118 valence electrons. The highest BCUT2D eigenvalue weighted by molar-refractivity contribution is 9.11. The van der Waals surface area contributed by atoms with E-state index >= 15 is 0 Å². The maximum absolute atomic E-state index is 6.19. The van der Waals surface area contributed by atoms with Crippen LogP contribution in [0.1, 0.15) is 45.2 Å². The topological polar surface area (TPSA) is 52.0 Å². The maximum atomic E-state index is 6.19. The van der Waals surface area contributed by atoms with Crippen LogP contribution in [0.15, 0.2) is 57.5 Å². The van der Waals surface area contributed by atoms with Gasteiger partial charge in [0.05, 0.1) is 0 Å². The summed E-state index contributed by atoms with van der Waals surface area (Å²) in [7, 11) is 0. The van der Waals surface area contributed by atoms with Crippen LogP contribution in [0.2, 0.25) is 0 Å². The van der Waals surface area contributed by atoms with Gasteiger partial charge in [-0.3, -0.25) is 0 Å². The summed E-state index contributed by atoms with van der Waals surface area (Å²) in [5.41, 5.74) is 22.0. The van der Waals surface area contributed by atoms with Crippen LogP contribution in [-0.4, -0.2) is 0 Å². The van der Waals surface area contributed by atoms with Gasteiger partial charge in [-0.25, -0.2) is 0 Å². The highest BCUT2D eigenvalue weighted by Gasteiger charge is 2.41. The molecule has 0 amide bonds. The molecule has 4 N–H and O–H groups in total. The molecule has 0 unspecified atom stereocenters. The van der Waals surface area contributed by atoms with Gasteiger partial charge in [-0.1, -0.05) is 24.3 Å². The predicted octanol–water partition coefficient (Wildman–Crippen LogP) is 5.36. The standard InChI is InChI=1S/C20H14Br2N2/c21-15-5-11-14(8-18(15)24)20-10-4-2-1-3-9(10)19(11)13-7-17(23)16(22)6-12(13)20/h1-8,19-20H,23-24H2/t19-,20-/m1/s1. The SMILES string of the molecule is Nc1cc2c(cc1Br)[C@H]1c3ccccc3[C@@H]2c2cc(Br)c(N)cc21. The Kier molecular flexibility index (Phi) is 2.95. The highest BCUT2D eigenvalue weighted by atomic mass is 79.9. The summed E-state index contributed by atoms with van der Waals surface area (Å²) in [6, 6.07) is 17.3. The van der Waals surface area contributed by atoms with Crippen molar-refractivity contribution in [3.05, 3.63) is 90.9 Å². The smallest absolute Gasteiger partial charge is 0.0461 e. The van der Waals surface area contributed by atoms with Crippen molar-refractivity contribution in [3.63, 3.8) is 0 Å². The molecule has 3 aliphatic carbocycles. The molecule has 0 radical (unpaired) electrons. The summed E-state index contributed by atoms with van der Waals surface area (Å²) in [5.74, 6) is 0.423. The monoisotopic (exact) mass is 440 g/mol. The Morgan fingerprint density at radius 3 is 1.38 bits per heavy atom. The van der Waals surface area contributed by atoms with E-state index in [1.807, 2.05) is 0 Å². The van der Waals surface area contributed by atoms with Crippen LogP contribution in [0.5, 0.6) is 0 Å². The summed E-state index contributed by atoms with van der Waals surface area (Å²) in [4.78, 5) is 0. The lowest BCUT2D eigenvalue weighted by molar-refractivity contribution is 0.754. The third kappa shape index (κ3) is 1.76. The van der Waals surface area contributed by atoms with Crippen molar-refractivity contribution >= 4 is 43.2 Å². The largest absolute Gasteiger partial charge is 0.398 e. The summed E-state index contributed by atoms with van der Waals surface area (Å²) in [6.07, 6.45) is 0. The number of halogens is 2. The Labute approximate surface area is 157 Å². The van der Waals surface area contributed by atoms with E-state index in [-0.39, 0.29) is 11.8 Å². The second-order valence-corrected chi connectivity index (χ2v) is 8.21. The van der Waals surface area contributed by atoms with Crippen molar-refractivity contribution in [3.8, 4) is 0 Å². The number of anilines is 2. The number of hydrogen-bond donors (Lipinski definition) is 2. The van der Waals surface area contributed by atoms with Crippen LogP contribution in [0.25, 0.3) is 0 Å². The number of benzene rings is 3. The normalized spacial score (nSPS) is 19.6. The molecule has 3 aromatic carbocycles. The Morgan fingerprint density at radius 1 is 0.583 bits per heavy atom. The fraction of sp³-hybridized carbons (Fsp3) is 0.100. The third-order valence-electron chi connectivity index (χ3n) is 5.27. The molecular formula is C20H14Br2N2. The van der Waals surface area contributed by atoms with Gasteiger partial charge < -0.3 is 11.5 Å². The van der Waals surface area contributed by atoms with Crippen LogP contribution < -0.4 is 11.5 Å². The number of nitrogen functional groups attached to an aromatic ring is 2. The Morgan fingerprint density at radius 2 is 0.958 bits per heavy atom. The van der Waals surface area contributed by atoms with E-state index in [9.17, 15) is 0 Å². The molecule has 0 saturated carbocycles. The lowest BCUT2D eigenvalue weighted by atomic mass is 9.61. The predicted molar refractivity (Wildman–Crippen MR) is 105 cm³/mol. The summed E-state index contributed by atoms with van der Waals surface area (Å²) in [5, 5.41) is 0. The minimum atomic E-state index is 0.212. The molecule has 24 heavy (non-hydrogen) atoms. The number of nitrogens with two attached hydrogens (primary N) is 2. The summed E-state index contributed by atoms with van der Waals surface area (Å²) >= 11 is 7.19. The highest BCUT2D eigenvalue weighted by Crippen LogP contribution is 2.57. The van der Waals surface area contributed by atoms with Gasteiger partial charge in [0.2, 0.25) is 0 Å². The molecule has 4 heteroatoms. The maximum Gasteiger partial charge on any atom is 0.0461 e. The Balaban J connectivity index is 1.91. The molecule has 0 heterocycles. The molecule has 2 nitrogen and oxygen atoms in total. The molecule has 0 aromatic heterocycles. The van der Waals surface area contributed by atoms with Gasteiger partial charge in [0.25, 0.3) is 0 Å². The van der Waals surface area contributed by atoms with E-state index in [4.69, 9.17) is 11.5 Å². The number of hydrogen-bond acceptors (Lipinski definition) is 2. The summed E-state index contributed by atoms with van der Waals surface area (Å²) < 4.78 is 1.91. The van der Waals surface area contributed by atoms with Gasteiger partial charge in [-0.15, -0.1) is 0 Å². The molecule has 2 atom stereocenters. The summed E-state index contributed by atoms with van der Waals surface area (Å²) in [6.45, 7) is 0. The van der Waals surface area contributed by atoms with Crippen LogP contribution in [-0.2, 0) is 0 Å². The van der Waals surface area contributed by atoms with E-state index in [2.05, 4.69) is 80.4 Å². The average Bonchev–Trinajstić information content (AvgIpc) is 2.57. The lowest BCUT2D eigenvalue weighted by Crippen LogP contribution is -2.28. The minimum absolute atomic E-state index is 0.212. The van der Waals surface area contributed by atoms with Crippen LogP contribution in [0, 0.1) is 0 Å². The average molecular weight is 442 g/mol. The van der Waals surface area contributed by atoms with E-state index in [0.717, 1.165) is 20.3 Å². The van der Waals surface area contributed by atoms with Crippen molar-refractivity contribution in [2.45, 2.75) is 11.8 Å². The zero-order chi connectivity index (χ0) is 16.6. The van der Waals surface area contributed by atoms with Gasteiger partial charge >= 0.3 is 0 Å². The molecule has 0 saturated heterocycles. The Bertz CT molecular complexity index is 886. The molecular weight excluding hydrogens is 428 g/mol. The first-order valence-corrected chi connectivity index (χ1v) is 9.41. The first-order chi connectivity index (χ1) is 11.6. The van der Waals surface area contributed by atoms with Crippen molar-refractivity contribution < 1.29 is 0 Å². The van der Waals surface area contributed by atoms with Gasteiger partial charge in [-0.05, 0) is 89.5 Å². The van der Waals surface area contributed by atoms with Gasteiger partial charge in [-0.2, -0.15) is 0 Å². The fourth-order valence-corrected chi connectivity index (χ4v) is 5.01. The van der Waals surface area contributed by atoms with Gasteiger partial charge in [0.15, 0.2) is 0 Å². The fourth-order valence-electron chi connectivity index (χ4n) is 4.29. The van der Waals surface area contributed by atoms with Gasteiger partial charge in [0.1, 0.15) is 0 Å².